The summed E-state index contributed by atoms with van der Waals surface area (Å²) in [5.74, 6) is -0.309. The predicted molar refractivity (Wildman–Crippen MR) is 102 cm³/mol. The Kier molecular flexibility index (Phi) is 2.98. The fourth-order valence-electron chi connectivity index (χ4n) is 6.24. The number of Topliss-reactive ketones (excluding diaryl/α,β-unsaturated/α-hetero) is 2. The topological polar surface area (TPSA) is 51.2 Å². The molecule has 0 radical (unpaired) electrons. The van der Waals surface area contributed by atoms with Crippen molar-refractivity contribution in [2.75, 3.05) is 0 Å². The molecule has 0 aromatic heterocycles. The second kappa shape index (κ2) is 5.05. The van der Waals surface area contributed by atoms with Crippen LogP contribution in [0.25, 0.3) is 0 Å². The number of aryl methyl sites for hydroxylation is 1. The van der Waals surface area contributed by atoms with E-state index in [1.165, 1.54) is 0 Å². The summed E-state index contributed by atoms with van der Waals surface area (Å²) in [7, 11) is -1.55. The second-order valence-electron chi connectivity index (χ2n) is 8.60. The molecule has 1 aromatic carbocycles. The van der Waals surface area contributed by atoms with E-state index in [-0.39, 0.29) is 35.2 Å². The highest BCUT2D eigenvalue weighted by Crippen LogP contribution is 2.62. The van der Waals surface area contributed by atoms with E-state index in [0.29, 0.717) is 10.5 Å². The third-order valence-corrected chi connectivity index (χ3v) is 9.42. The minimum Gasteiger partial charge on any atom is -0.294 e. The quantitative estimate of drug-likeness (QED) is 0.744. The molecule has 0 N–H and O–H groups in total. The Morgan fingerprint density at radius 1 is 0.926 bits per heavy atom. The number of carbonyl (C=O) groups is 2. The van der Waals surface area contributed by atoms with Crippen LogP contribution >= 0.6 is 0 Å². The highest BCUT2D eigenvalue weighted by Gasteiger charge is 2.70. The summed E-state index contributed by atoms with van der Waals surface area (Å²) in [6, 6.07) is 7.58. The van der Waals surface area contributed by atoms with Crippen LogP contribution in [0.15, 0.2) is 64.6 Å². The molecule has 4 bridgehead atoms. The van der Waals surface area contributed by atoms with Crippen molar-refractivity contribution in [2.24, 2.45) is 29.6 Å². The number of ketones is 2. The summed E-state index contributed by atoms with van der Waals surface area (Å²) in [6.07, 6.45) is 9.89. The Labute approximate surface area is 160 Å². The van der Waals surface area contributed by atoms with E-state index < -0.39 is 21.5 Å². The van der Waals surface area contributed by atoms with Gasteiger partial charge in [-0.15, -0.1) is 0 Å². The van der Waals surface area contributed by atoms with Crippen molar-refractivity contribution in [3.05, 3.63) is 65.3 Å². The number of carbonyl (C=O) groups excluding carboxylic acids is 2. The maximum Gasteiger partial charge on any atom is 0.180 e. The van der Waals surface area contributed by atoms with Crippen LogP contribution in [-0.4, -0.2) is 20.5 Å². The molecule has 0 amide bonds. The first-order valence-corrected chi connectivity index (χ1v) is 10.9. The minimum absolute atomic E-state index is 0.00490. The van der Waals surface area contributed by atoms with Crippen molar-refractivity contribution in [1.82, 2.24) is 0 Å². The van der Waals surface area contributed by atoms with Gasteiger partial charge in [-0.3, -0.25) is 13.8 Å². The molecule has 1 fully saturated rings. The Hall–Kier alpha value is -2.07. The summed E-state index contributed by atoms with van der Waals surface area (Å²) < 4.78 is 12.8. The summed E-state index contributed by atoms with van der Waals surface area (Å²) in [5, 5.41) is 0. The smallest absolute Gasteiger partial charge is 0.180 e. The highest BCUT2D eigenvalue weighted by molar-refractivity contribution is 7.87. The zero-order valence-electron chi connectivity index (χ0n) is 15.1. The van der Waals surface area contributed by atoms with Gasteiger partial charge in [-0.05, 0) is 37.8 Å². The van der Waals surface area contributed by atoms with Crippen molar-refractivity contribution < 1.29 is 13.8 Å². The van der Waals surface area contributed by atoms with Crippen molar-refractivity contribution in [2.45, 2.75) is 29.4 Å². The average Bonchev–Trinajstić information content (AvgIpc) is 3.45. The number of rotatable bonds is 2. The molecule has 5 aliphatic carbocycles. The van der Waals surface area contributed by atoms with Gasteiger partial charge in [0, 0.05) is 33.8 Å². The third-order valence-electron chi connectivity index (χ3n) is 7.36. The summed E-state index contributed by atoms with van der Waals surface area (Å²) in [6.45, 7) is 1.99. The van der Waals surface area contributed by atoms with Gasteiger partial charge >= 0.3 is 0 Å². The van der Waals surface area contributed by atoms with Crippen LogP contribution in [0.2, 0.25) is 0 Å². The van der Waals surface area contributed by atoms with Gasteiger partial charge in [0.05, 0.1) is 16.7 Å². The SMILES string of the molecule is Cc1ccc(S(=O)[C@]23C(=O)C4=C(C(=O)[C@H]2[C@H]2C=C[C@@H]3C2)[C@H]2C=C[C@@H]4C2)cc1. The molecule has 0 heterocycles. The summed E-state index contributed by atoms with van der Waals surface area (Å²) in [4.78, 5) is 28.2. The second-order valence-corrected chi connectivity index (χ2v) is 10.3. The number of allylic oxidation sites excluding steroid dienone is 6. The standard InChI is InChI=1S/C23H20O3S/c1-12-2-8-17(9-3-12)27(26)23-16-7-6-15(11-16)20(23)21(24)18-13-4-5-14(10-13)19(18)22(23)25/h2-9,13-16,20H,10-11H2,1H3/t13-,14+,15-,16+,20+,23-,27?/m0/s1. The number of fused-ring (bicyclic) bond motifs is 9. The van der Waals surface area contributed by atoms with Crippen molar-refractivity contribution in [3.63, 3.8) is 0 Å². The Balaban J connectivity index is 1.57. The van der Waals surface area contributed by atoms with Crippen LogP contribution in [0.3, 0.4) is 0 Å². The lowest BCUT2D eigenvalue weighted by atomic mass is 9.66. The molecule has 27 heavy (non-hydrogen) atoms. The van der Waals surface area contributed by atoms with Gasteiger partial charge in [0.25, 0.3) is 0 Å². The molecule has 0 spiro atoms. The first-order valence-electron chi connectivity index (χ1n) is 9.71. The van der Waals surface area contributed by atoms with Gasteiger partial charge < -0.3 is 0 Å². The van der Waals surface area contributed by atoms with E-state index in [1.807, 2.05) is 37.3 Å². The van der Waals surface area contributed by atoms with Gasteiger partial charge in [0.15, 0.2) is 11.6 Å². The largest absolute Gasteiger partial charge is 0.294 e. The fourth-order valence-corrected chi connectivity index (χ4v) is 8.26. The molecule has 0 saturated heterocycles. The van der Waals surface area contributed by atoms with Crippen LogP contribution < -0.4 is 0 Å². The monoisotopic (exact) mass is 376 g/mol. The average molecular weight is 376 g/mol. The van der Waals surface area contributed by atoms with E-state index >= 15 is 0 Å². The van der Waals surface area contributed by atoms with E-state index in [2.05, 4.69) is 18.2 Å². The molecule has 1 saturated carbocycles. The molecular formula is C23H20O3S. The highest BCUT2D eigenvalue weighted by atomic mass is 32.2. The first-order chi connectivity index (χ1) is 13.0. The van der Waals surface area contributed by atoms with Crippen LogP contribution in [0.1, 0.15) is 18.4 Å². The lowest BCUT2D eigenvalue weighted by Gasteiger charge is -2.43. The van der Waals surface area contributed by atoms with Crippen molar-refractivity contribution in [3.8, 4) is 0 Å². The number of hydrogen-bond acceptors (Lipinski definition) is 3. The molecule has 5 aliphatic rings. The van der Waals surface area contributed by atoms with Gasteiger partial charge in [-0.2, -0.15) is 0 Å². The molecule has 6 rings (SSSR count). The lowest BCUT2D eigenvalue weighted by molar-refractivity contribution is -0.129. The maximum atomic E-state index is 13.9. The number of benzene rings is 1. The maximum absolute atomic E-state index is 13.9. The minimum atomic E-state index is -1.55. The molecular weight excluding hydrogens is 356 g/mol. The zero-order chi connectivity index (χ0) is 18.5. The lowest BCUT2D eigenvalue weighted by Crippen LogP contribution is -2.59. The predicted octanol–water partition coefficient (Wildman–Crippen LogP) is 3.32. The van der Waals surface area contributed by atoms with E-state index in [1.54, 1.807) is 0 Å². The van der Waals surface area contributed by atoms with Gasteiger partial charge in [-0.25, -0.2) is 0 Å². The zero-order valence-corrected chi connectivity index (χ0v) is 15.9. The van der Waals surface area contributed by atoms with Crippen molar-refractivity contribution in [1.29, 1.82) is 0 Å². The van der Waals surface area contributed by atoms with Gasteiger partial charge in [0.1, 0.15) is 4.75 Å². The van der Waals surface area contributed by atoms with Gasteiger partial charge in [0.2, 0.25) is 0 Å². The normalized spacial score (nSPS) is 41.4. The molecule has 1 unspecified atom stereocenters. The Bertz CT molecular complexity index is 1030. The van der Waals surface area contributed by atoms with Gasteiger partial charge in [-0.1, -0.05) is 42.0 Å². The van der Waals surface area contributed by atoms with E-state index in [9.17, 15) is 13.8 Å². The Morgan fingerprint density at radius 2 is 1.63 bits per heavy atom. The molecule has 1 aromatic rings. The Morgan fingerprint density at radius 3 is 2.37 bits per heavy atom. The van der Waals surface area contributed by atoms with Crippen LogP contribution in [0, 0.1) is 36.5 Å². The summed E-state index contributed by atoms with van der Waals surface area (Å²) >= 11 is 0. The van der Waals surface area contributed by atoms with E-state index in [0.717, 1.165) is 24.0 Å². The van der Waals surface area contributed by atoms with Crippen LogP contribution in [0.5, 0.6) is 0 Å². The molecule has 3 nitrogen and oxygen atoms in total. The molecule has 0 aliphatic heterocycles. The number of hydrogen-bond donors (Lipinski definition) is 0. The molecule has 136 valence electrons. The van der Waals surface area contributed by atoms with Crippen LogP contribution in [0.4, 0.5) is 0 Å². The molecule has 4 heteroatoms. The fraction of sp³-hybridized carbons (Fsp3) is 0.391. The summed E-state index contributed by atoms with van der Waals surface area (Å²) in [5.41, 5.74) is 2.52. The van der Waals surface area contributed by atoms with E-state index in [4.69, 9.17) is 0 Å². The third kappa shape index (κ3) is 1.71. The molecule has 7 atom stereocenters. The first kappa shape index (κ1) is 15.9. The van der Waals surface area contributed by atoms with Crippen LogP contribution in [-0.2, 0) is 20.4 Å². The van der Waals surface area contributed by atoms with Crippen molar-refractivity contribution >= 4 is 22.4 Å².